The van der Waals surface area contributed by atoms with Crippen LogP contribution < -0.4 is 5.32 Å². The minimum absolute atomic E-state index is 0.0645. The predicted octanol–water partition coefficient (Wildman–Crippen LogP) is 2.79. The molecule has 1 amide bonds. The van der Waals surface area contributed by atoms with Crippen molar-refractivity contribution in [2.24, 2.45) is 5.41 Å². The Morgan fingerprint density at radius 2 is 2.00 bits per heavy atom. The van der Waals surface area contributed by atoms with Gasteiger partial charge in [0.2, 0.25) is 5.91 Å². The quantitative estimate of drug-likeness (QED) is 0.905. The average molecular weight is 338 g/mol. The van der Waals surface area contributed by atoms with E-state index in [-0.39, 0.29) is 23.5 Å². The van der Waals surface area contributed by atoms with Crippen molar-refractivity contribution < 1.29 is 17.6 Å². The number of rotatable bonds is 5. The van der Waals surface area contributed by atoms with Crippen molar-refractivity contribution in [1.82, 2.24) is 4.98 Å². The van der Waals surface area contributed by atoms with Gasteiger partial charge in [-0.1, -0.05) is 20.8 Å². The Morgan fingerprint density at radius 3 is 2.61 bits per heavy atom. The van der Waals surface area contributed by atoms with Gasteiger partial charge in [0.25, 0.3) is 0 Å². The predicted molar refractivity (Wildman–Crippen MR) is 90.1 cm³/mol. The van der Waals surface area contributed by atoms with Crippen LogP contribution in [-0.4, -0.2) is 31.3 Å². The van der Waals surface area contributed by atoms with E-state index in [2.05, 4.69) is 31.1 Å². The molecule has 0 aliphatic carbocycles. The van der Waals surface area contributed by atoms with Crippen LogP contribution >= 0.6 is 0 Å². The van der Waals surface area contributed by atoms with Crippen LogP contribution in [0.4, 0.5) is 5.69 Å². The van der Waals surface area contributed by atoms with E-state index in [1.807, 2.05) is 0 Å². The Kier molecular flexibility index (Phi) is 4.79. The van der Waals surface area contributed by atoms with Gasteiger partial charge in [-0.25, -0.2) is 13.4 Å². The maximum atomic E-state index is 11.8. The molecule has 0 fully saturated rings. The van der Waals surface area contributed by atoms with E-state index in [0.29, 0.717) is 22.7 Å². The van der Waals surface area contributed by atoms with Crippen molar-refractivity contribution in [3.8, 4) is 0 Å². The zero-order valence-corrected chi connectivity index (χ0v) is 14.7. The molecule has 2 rings (SSSR count). The van der Waals surface area contributed by atoms with E-state index in [0.717, 1.165) is 12.7 Å². The van der Waals surface area contributed by atoms with Crippen LogP contribution in [0.15, 0.2) is 22.6 Å². The van der Waals surface area contributed by atoms with E-state index in [9.17, 15) is 13.2 Å². The number of oxazole rings is 1. The standard InChI is InChI=1S/C16H22N2O4S/c1-16(2,3)10-15-18-12-9-11(5-6-13(12)22-15)17-14(19)7-8-23(4,20)21/h5-6,9H,7-8,10H2,1-4H3,(H,17,19). The van der Waals surface area contributed by atoms with Gasteiger partial charge in [0.05, 0.1) is 5.75 Å². The number of benzene rings is 1. The summed E-state index contributed by atoms with van der Waals surface area (Å²) >= 11 is 0. The van der Waals surface area contributed by atoms with Gasteiger partial charge in [-0.15, -0.1) is 0 Å². The van der Waals surface area contributed by atoms with E-state index in [4.69, 9.17) is 4.42 Å². The molecule has 2 aromatic rings. The van der Waals surface area contributed by atoms with E-state index in [1.165, 1.54) is 0 Å². The van der Waals surface area contributed by atoms with Crippen LogP contribution in [0, 0.1) is 5.41 Å². The summed E-state index contributed by atoms with van der Waals surface area (Å²) in [6.45, 7) is 6.32. The molecule has 1 aromatic heterocycles. The zero-order chi connectivity index (χ0) is 17.3. The van der Waals surface area contributed by atoms with Crippen LogP contribution in [0.5, 0.6) is 0 Å². The fourth-order valence-corrected chi connectivity index (χ4v) is 2.64. The highest BCUT2D eigenvalue weighted by Crippen LogP contribution is 2.25. The largest absolute Gasteiger partial charge is 0.441 e. The minimum atomic E-state index is -3.15. The Balaban J connectivity index is 2.09. The summed E-state index contributed by atoms with van der Waals surface area (Å²) in [5.41, 5.74) is 1.99. The third-order valence-electron chi connectivity index (χ3n) is 3.10. The first-order valence-corrected chi connectivity index (χ1v) is 9.45. The molecule has 1 N–H and O–H groups in total. The lowest BCUT2D eigenvalue weighted by molar-refractivity contribution is -0.115. The van der Waals surface area contributed by atoms with Gasteiger partial charge in [-0.2, -0.15) is 0 Å². The first-order chi connectivity index (χ1) is 10.5. The maximum absolute atomic E-state index is 11.8. The minimum Gasteiger partial charge on any atom is -0.441 e. The molecule has 0 aliphatic heterocycles. The van der Waals surface area contributed by atoms with Crippen molar-refractivity contribution in [3.05, 3.63) is 24.1 Å². The van der Waals surface area contributed by atoms with Crippen molar-refractivity contribution >= 4 is 32.5 Å². The van der Waals surface area contributed by atoms with Gasteiger partial charge in [0, 0.05) is 24.8 Å². The molecule has 7 heteroatoms. The number of anilines is 1. The number of nitrogens with one attached hydrogen (secondary N) is 1. The van der Waals surface area contributed by atoms with Gasteiger partial charge in [-0.3, -0.25) is 4.79 Å². The summed E-state index contributed by atoms with van der Waals surface area (Å²) in [5.74, 6) is 0.155. The normalized spacial score (nSPS) is 12.5. The monoisotopic (exact) mass is 338 g/mol. The Hall–Kier alpha value is -1.89. The maximum Gasteiger partial charge on any atom is 0.225 e. The molecule has 126 valence electrons. The number of amides is 1. The highest BCUT2D eigenvalue weighted by Gasteiger charge is 2.16. The van der Waals surface area contributed by atoms with E-state index in [1.54, 1.807) is 18.2 Å². The zero-order valence-electron chi connectivity index (χ0n) is 13.8. The molecule has 6 nitrogen and oxygen atoms in total. The fourth-order valence-electron chi connectivity index (χ4n) is 2.08. The molecular weight excluding hydrogens is 316 g/mol. The first kappa shape index (κ1) is 17.5. The first-order valence-electron chi connectivity index (χ1n) is 7.39. The van der Waals surface area contributed by atoms with Crippen LogP contribution in [-0.2, 0) is 21.1 Å². The lowest BCUT2D eigenvalue weighted by Crippen LogP contribution is -2.16. The summed E-state index contributed by atoms with van der Waals surface area (Å²) in [6.07, 6.45) is 1.77. The number of hydrogen-bond acceptors (Lipinski definition) is 5. The Bertz CT molecular complexity index is 816. The van der Waals surface area contributed by atoms with Crippen molar-refractivity contribution in [2.45, 2.75) is 33.6 Å². The SMILES string of the molecule is CC(C)(C)Cc1nc2cc(NC(=O)CCS(C)(=O)=O)ccc2o1. The van der Waals surface area contributed by atoms with Gasteiger partial charge in [-0.05, 0) is 23.6 Å². The second kappa shape index (κ2) is 6.31. The number of fused-ring (bicyclic) bond motifs is 1. The number of sulfone groups is 1. The average Bonchev–Trinajstić information content (AvgIpc) is 2.74. The number of carbonyl (C=O) groups is 1. The number of hydrogen-bond donors (Lipinski definition) is 1. The summed E-state index contributed by atoms with van der Waals surface area (Å²) in [7, 11) is -3.15. The van der Waals surface area contributed by atoms with Gasteiger partial charge < -0.3 is 9.73 Å². The molecule has 0 atom stereocenters. The Morgan fingerprint density at radius 1 is 1.30 bits per heavy atom. The Labute approximate surface area is 136 Å². The van der Waals surface area contributed by atoms with Crippen LogP contribution in [0.25, 0.3) is 11.1 Å². The van der Waals surface area contributed by atoms with Gasteiger partial charge in [0.15, 0.2) is 11.5 Å². The molecular formula is C16H22N2O4S. The van der Waals surface area contributed by atoms with Crippen LogP contribution in [0.2, 0.25) is 0 Å². The molecule has 1 heterocycles. The van der Waals surface area contributed by atoms with Crippen molar-refractivity contribution in [1.29, 1.82) is 0 Å². The second-order valence-corrected chi connectivity index (χ2v) is 9.22. The molecule has 1 aromatic carbocycles. The molecule has 0 spiro atoms. The lowest BCUT2D eigenvalue weighted by atomic mass is 9.92. The molecule has 23 heavy (non-hydrogen) atoms. The highest BCUT2D eigenvalue weighted by molar-refractivity contribution is 7.90. The van der Waals surface area contributed by atoms with Gasteiger partial charge in [0.1, 0.15) is 15.4 Å². The fraction of sp³-hybridized carbons (Fsp3) is 0.500. The summed E-state index contributed by atoms with van der Waals surface area (Å²) in [6, 6.07) is 5.19. The van der Waals surface area contributed by atoms with E-state index < -0.39 is 9.84 Å². The summed E-state index contributed by atoms with van der Waals surface area (Å²) < 4.78 is 27.8. The molecule has 0 unspecified atom stereocenters. The third-order valence-corrected chi connectivity index (χ3v) is 4.04. The third kappa shape index (κ3) is 5.67. The van der Waals surface area contributed by atoms with Crippen molar-refractivity contribution in [2.75, 3.05) is 17.3 Å². The molecule has 0 aliphatic rings. The smallest absolute Gasteiger partial charge is 0.225 e. The van der Waals surface area contributed by atoms with E-state index >= 15 is 0 Å². The van der Waals surface area contributed by atoms with Crippen LogP contribution in [0.3, 0.4) is 0 Å². The topological polar surface area (TPSA) is 89.3 Å². The highest BCUT2D eigenvalue weighted by atomic mass is 32.2. The summed E-state index contributed by atoms with van der Waals surface area (Å²) in [5, 5.41) is 2.68. The summed E-state index contributed by atoms with van der Waals surface area (Å²) in [4.78, 5) is 16.2. The second-order valence-electron chi connectivity index (χ2n) is 6.96. The van der Waals surface area contributed by atoms with Crippen molar-refractivity contribution in [3.63, 3.8) is 0 Å². The molecule has 0 radical (unpaired) electrons. The van der Waals surface area contributed by atoms with Crippen LogP contribution in [0.1, 0.15) is 33.1 Å². The lowest BCUT2D eigenvalue weighted by Gasteiger charge is -2.14. The number of carbonyl (C=O) groups excluding carboxylic acids is 1. The van der Waals surface area contributed by atoms with Gasteiger partial charge >= 0.3 is 0 Å². The number of aromatic nitrogens is 1. The number of nitrogens with zero attached hydrogens (tertiary/aromatic N) is 1. The molecule has 0 saturated heterocycles. The molecule has 0 bridgehead atoms. The molecule has 0 saturated carbocycles.